The number of esters is 1. The molecular formula is C32H35N3O7. The molecule has 1 atom stereocenters. The van der Waals surface area contributed by atoms with Gasteiger partial charge in [0, 0.05) is 19.5 Å². The average Bonchev–Trinajstić information content (AvgIpc) is 3.03. The maximum atomic E-state index is 13.3. The van der Waals surface area contributed by atoms with Gasteiger partial charge in [-0.25, -0.2) is 19.9 Å². The molecule has 1 aliphatic carbocycles. The van der Waals surface area contributed by atoms with E-state index in [-0.39, 0.29) is 19.0 Å². The van der Waals surface area contributed by atoms with Gasteiger partial charge in [-0.15, -0.1) is 0 Å². The molecular weight excluding hydrogens is 538 g/mol. The van der Waals surface area contributed by atoms with Crippen molar-refractivity contribution in [3.8, 4) is 5.75 Å². The second kappa shape index (κ2) is 14.8. The molecule has 0 saturated heterocycles. The predicted molar refractivity (Wildman–Crippen MR) is 154 cm³/mol. The van der Waals surface area contributed by atoms with Crippen molar-refractivity contribution in [2.24, 2.45) is 5.41 Å². The van der Waals surface area contributed by atoms with Crippen molar-refractivity contribution in [1.82, 2.24) is 16.1 Å². The fourth-order valence-electron chi connectivity index (χ4n) is 4.86. The summed E-state index contributed by atoms with van der Waals surface area (Å²) in [7, 11) is 0. The van der Waals surface area contributed by atoms with Crippen molar-refractivity contribution in [1.29, 1.82) is 0 Å². The van der Waals surface area contributed by atoms with Crippen LogP contribution in [-0.4, -0.2) is 41.6 Å². The van der Waals surface area contributed by atoms with Crippen LogP contribution in [0.4, 0.5) is 4.79 Å². The zero-order chi connectivity index (χ0) is 29.8. The van der Waals surface area contributed by atoms with E-state index in [1.807, 2.05) is 30.3 Å². The molecule has 220 valence electrons. The minimum absolute atomic E-state index is 0.0321. The molecule has 0 unspecified atom stereocenters. The van der Waals surface area contributed by atoms with E-state index in [0.717, 1.165) is 24.8 Å². The van der Waals surface area contributed by atoms with Crippen LogP contribution in [-0.2, 0) is 27.4 Å². The van der Waals surface area contributed by atoms with Gasteiger partial charge in [0.2, 0.25) is 0 Å². The monoisotopic (exact) mass is 573 g/mol. The van der Waals surface area contributed by atoms with Gasteiger partial charge in [-0.2, -0.15) is 0 Å². The Balaban J connectivity index is 1.30. The number of aliphatic carboxylic acids is 1. The first kappa shape index (κ1) is 30.3. The lowest BCUT2D eigenvalue weighted by molar-refractivity contribution is -0.165. The van der Waals surface area contributed by atoms with Crippen LogP contribution >= 0.6 is 0 Å². The van der Waals surface area contributed by atoms with Crippen molar-refractivity contribution in [3.05, 3.63) is 102 Å². The van der Waals surface area contributed by atoms with Crippen LogP contribution in [0.2, 0.25) is 0 Å². The first-order valence-electron chi connectivity index (χ1n) is 14.0. The predicted octanol–water partition coefficient (Wildman–Crippen LogP) is 4.40. The van der Waals surface area contributed by atoms with Gasteiger partial charge in [-0.1, -0.05) is 79.9 Å². The summed E-state index contributed by atoms with van der Waals surface area (Å²) in [4.78, 5) is 55.3. The number of carbonyl (C=O) groups is 4. The third-order valence-corrected chi connectivity index (χ3v) is 7.31. The first-order valence-corrected chi connectivity index (χ1v) is 14.0. The fraction of sp³-hybridized carbons (Fsp3) is 0.312. The molecule has 0 bridgehead atoms. The van der Waals surface area contributed by atoms with Crippen molar-refractivity contribution in [2.75, 3.05) is 6.54 Å². The van der Waals surface area contributed by atoms with E-state index >= 15 is 0 Å². The summed E-state index contributed by atoms with van der Waals surface area (Å²) in [5, 5.41) is 15.3. The Bertz CT molecular complexity index is 1340. The molecule has 10 nitrogen and oxygen atoms in total. The van der Waals surface area contributed by atoms with Gasteiger partial charge in [0.25, 0.3) is 5.91 Å². The second-order valence-electron chi connectivity index (χ2n) is 10.3. The number of benzene rings is 3. The Morgan fingerprint density at radius 2 is 1.43 bits per heavy atom. The van der Waals surface area contributed by atoms with E-state index < -0.39 is 29.4 Å². The highest BCUT2D eigenvalue weighted by atomic mass is 16.7. The van der Waals surface area contributed by atoms with E-state index in [1.54, 1.807) is 54.6 Å². The number of rotatable bonds is 12. The minimum atomic E-state index is -1.35. The zero-order valence-corrected chi connectivity index (χ0v) is 23.2. The van der Waals surface area contributed by atoms with Gasteiger partial charge >= 0.3 is 18.0 Å². The topological polar surface area (TPSA) is 143 Å². The van der Waals surface area contributed by atoms with E-state index in [9.17, 15) is 24.3 Å². The molecule has 3 amide bonds. The lowest BCUT2D eigenvalue weighted by atomic mass is 9.73. The van der Waals surface area contributed by atoms with Crippen molar-refractivity contribution in [3.63, 3.8) is 0 Å². The van der Waals surface area contributed by atoms with E-state index in [2.05, 4.69) is 16.1 Å². The number of nitrogens with one attached hydrogen (secondary N) is 3. The number of carboxylic acid groups (broad SMARTS) is 1. The third-order valence-electron chi connectivity index (χ3n) is 7.31. The largest absolute Gasteiger partial charge is 0.479 e. The molecule has 10 heteroatoms. The standard InChI is InChI=1S/C32H35N3O7/c36-28(37)27(20-23-14-16-26(17-15-23)41-29(38)25-12-6-2-7-13-25)42-35-30(39)32(18-8-3-9-19-32)22-34-31(40)33-21-24-10-4-1-5-11-24/h1-2,4-7,10-17,27H,3,8-9,18-22H2,(H,35,39)(H,36,37)(H2,33,34,40)/t27-/m0/s1. The molecule has 0 aromatic heterocycles. The Labute approximate surface area is 244 Å². The van der Waals surface area contributed by atoms with Crippen LogP contribution in [0.3, 0.4) is 0 Å². The second-order valence-corrected chi connectivity index (χ2v) is 10.3. The van der Waals surface area contributed by atoms with Crippen molar-refractivity contribution in [2.45, 2.75) is 51.2 Å². The van der Waals surface area contributed by atoms with Gasteiger partial charge in [0.1, 0.15) is 5.75 Å². The Morgan fingerprint density at radius 3 is 2.07 bits per heavy atom. The normalized spacial score (nSPS) is 14.7. The average molecular weight is 574 g/mol. The van der Waals surface area contributed by atoms with E-state index in [0.29, 0.717) is 36.3 Å². The molecule has 4 N–H and O–H groups in total. The molecule has 42 heavy (non-hydrogen) atoms. The Morgan fingerprint density at radius 1 is 0.786 bits per heavy atom. The molecule has 0 aliphatic heterocycles. The number of hydrogen-bond donors (Lipinski definition) is 4. The summed E-state index contributed by atoms with van der Waals surface area (Å²) in [6.45, 7) is 0.454. The van der Waals surface area contributed by atoms with E-state index in [4.69, 9.17) is 9.57 Å². The number of urea groups is 1. The Kier molecular flexibility index (Phi) is 10.7. The number of ether oxygens (including phenoxy) is 1. The van der Waals surface area contributed by atoms with Gasteiger partial charge in [0.15, 0.2) is 6.10 Å². The highest BCUT2D eigenvalue weighted by Crippen LogP contribution is 2.36. The SMILES string of the molecule is O=C(NCc1ccccc1)NCC1(C(=O)NO[C@@H](Cc2ccc(OC(=O)c3ccccc3)cc2)C(=O)O)CCCCC1. The zero-order valence-electron chi connectivity index (χ0n) is 23.2. The number of hydroxylamine groups is 1. The van der Waals surface area contributed by atoms with Crippen LogP contribution < -0.4 is 20.9 Å². The first-order chi connectivity index (χ1) is 20.3. The van der Waals surface area contributed by atoms with Crippen LogP contribution in [0, 0.1) is 5.41 Å². The third kappa shape index (κ3) is 8.65. The highest BCUT2D eigenvalue weighted by Gasteiger charge is 2.40. The van der Waals surface area contributed by atoms with Crippen LogP contribution in [0.15, 0.2) is 84.9 Å². The molecule has 4 rings (SSSR count). The van der Waals surface area contributed by atoms with Crippen molar-refractivity contribution >= 4 is 23.9 Å². The fourth-order valence-corrected chi connectivity index (χ4v) is 4.86. The summed E-state index contributed by atoms with van der Waals surface area (Å²) in [5.41, 5.74) is 3.44. The number of carbonyl (C=O) groups excluding carboxylic acids is 3. The summed E-state index contributed by atoms with van der Waals surface area (Å²) in [6.07, 6.45) is 2.30. The molecule has 1 saturated carbocycles. The molecule has 0 spiro atoms. The lowest BCUT2D eigenvalue weighted by Gasteiger charge is -2.35. The van der Waals surface area contributed by atoms with Gasteiger partial charge in [-0.05, 0) is 48.2 Å². The van der Waals surface area contributed by atoms with Gasteiger partial charge in [-0.3, -0.25) is 9.63 Å². The molecule has 0 heterocycles. The lowest BCUT2D eigenvalue weighted by Crippen LogP contribution is -2.52. The molecule has 1 aliphatic rings. The summed E-state index contributed by atoms with van der Waals surface area (Å²) < 4.78 is 5.36. The van der Waals surface area contributed by atoms with Crippen LogP contribution in [0.5, 0.6) is 5.75 Å². The summed E-state index contributed by atoms with van der Waals surface area (Å²) in [6, 6.07) is 24.1. The smallest absolute Gasteiger partial charge is 0.343 e. The van der Waals surface area contributed by atoms with Crippen molar-refractivity contribution < 1.29 is 33.9 Å². The molecule has 3 aromatic rings. The number of amides is 3. The van der Waals surface area contributed by atoms with Crippen LogP contribution in [0.1, 0.15) is 53.6 Å². The molecule has 3 aromatic carbocycles. The summed E-state index contributed by atoms with van der Waals surface area (Å²) in [5.74, 6) is -1.89. The summed E-state index contributed by atoms with van der Waals surface area (Å²) >= 11 is 0. The Hall–Kier alpha value is -4.70. The van der Waals surface area contributed by atoms with Gasteiger partial charge in [0.05, 0.1) is 11.0 Å². The van der Waals surface area contributed by atoms with Gasteiger partial charge < -0.3 is 20.5 Å². The van der Waals surface area contributed by atoms with E-state index in [1.165, 1.54) is 0 Å². The maximum Gasteiger partial charge on any atom is 0.343 e. The number of carboxylic acids is 1. The highest BCUT2D eigenvalue weighted by molar-refractivity contribution is 5.91. The molecule has 0 radical (unpaired) electrons. The minimum Gasteiger partial charge on any atom is -0.479 e. The molecule has 1 fully saturated rings. The maximum absolute atomic E-state index is 13.3. The quantitative estimate of drug-likeness (QED) is 0.143. The number of hydrogen-bond acceptors (Lipinski definition) is 6. The van der Waals surface area contributed by atoms with Crippen LogP contribution in [0.25, 0.3) is 0 Å².